The van der Waals surface area contributed by atoms with E-state index >= 15 is 0 Å². The van der Waals surface area contributed by atoms with Crippen molar-refractivity contribution in [2.75, 3.05) is 0 Å². The van der Waals surface area contributed by atoms with E-state index in [1.807, 2.05) is 4.58 Å². The van der Waals surface area contributed by atoms with Gasteiger partial charge < -0.3 is 5.11 Å². The molecule has 0 bridgehead atoms. The smallest absolute Gasteiger partial charge is 0.346 e. The van der Waals surface area contributed by atoms with E-state index in [1.54, 1.807) is 0 Å². The molecule has 0 aliphatic carbocycles. The zero-order valence-electron chi connectivity index (χ0n) is 11.6. The number of nitrogens with zero attached hydrogens (tertiary/aromatic N) is 1. The van der Waals surface area contributed by atoms with Crippen molar-refractivity contribution in [1.82, 2.24) is 5.32 Å². The standard InChI is InChI=1S/C14H27N3O/c1-2-3-4-5-6-7-11-10-12-8-9-13(18)17(12)14(15)16-11/h11-13,18H,2-10H2,1H3,(H2,15,16)/p+1/t11-,12+,13?/m1/s1. The van der Waals surface area contributed by atoms with Gasteiger partial charge in [0, 0.05) is 12.8 Å². The van der Waals surface area contributed by atoms with E-state index in [-0.39, 0.29) is 6.23 Å². The van der Waals surface area contributed by atoms with E-state index in [1.165, 1.54) is 38.5 Å². The van der Waals surface area contributed by atoms with Crippen molar-refractivity contribution in [2.45, 2.75) is 83.0 Å². The molecule has 4 heteroatoms. The lowest BCUT2D eigenvalue weighted by Gasteiger charge is -2.27. The summed E-state index contributed by atoms with van der Waals surface area (Å²) < 4.78 is 1.97. The Balaban J connectivity index is 1.76. The van der Waals surface area contributed by atoms with Crippen molar-refractivity contribution in [2.24, 2.45) is 5.73 Å². The first-order chi connectivity index (χ1) is 8.72. The van der Waals surface area contributed by atoms with Gasteiger partial charge in [-0.25, -0.2) is 4.58 Å². The third kappa shape index (κ3) is 3.16. The summed E-state index contributed by atoms with van der Waals surface area (Å²) in [4.78, 5) is 0. The first-order valence-corrected chi connectivity index (χ1v) is 7.57. The summed E-state index contributed by atoms with van der Waals surface area (Å²) in [5.41, 5.74) is 6.02. The molecular formula is C14H28N3O+. The van der Waals surface area contributed by atoms with E-state index < -0.39 is 0 Å². The second-order valence-corrected chi connectivity index (χ2v) is 5.78. The average Bonchev–Trinajstić information content (AvgIpc) is 2.71. The number of unbranched alkanes of at least 4 members (excludes halogenated alkanes) is 4. The van der Waals surface area contributed by atoms with Gasteiger partial charge in [-0.05, 0) is 12.8 Å². The van der Waals surface area contributed by atoms with Gasteiger partial charge in [0.25, 0.3) is 0 Å². The Labute approximate surface area is 110 Å². The first kappa shape index (κ1) is 13.7. The Kier molecular flexibility index (Phi) is 4.87. The quantitative estimate of drug-likeness (QED) is 0.497. The van der Waals surface area contributed by atoms with Gasteiger partial charge in [-0.3, -0.25) is 11.1 Å². The fourth-order valence-corrected chi connectivity index (χ4v) is 3.31. The number of hydrogen-bond donors (Lipinski definition) is 3. The number of hydrogen-bond acceptors (Lipinski definition) is 3. The number of aliphatic hydroxyl groups excluding tert-OH is 1. The molecule has 104 valence electrons. The second kappa shape index (κ2) is 6.41. The Morgan fingerprint density at radius 1 is 1.28 bits per heavy atom. The van der Waals surface area contributed by atoms with Crippen molar-refractivity contribution in [3.63, 3.8) is 0 Å². The zero-order chi connectivity index (χ0) is 13.0. The van der Waals surface area contributed by atoms with Crippen LogP contribution in [0.15, 0.2) is 0 Å². The molecule has 3 atom stereocenters. The lowest BCUT2D eigenvalue weighted by Crippen LogP contribution is -2.55. The SMILES string of the molecule is CCCCCCC[C@@H]1C[C@@H]2CCC(O)[N+]2=C(N)N1. The van der Waals surface area contributed by atoms with E-state index in [0.29, 0.717) is 18.0 Å². The second-order valence-electron chi connectivity index (χ2n) is 5.78. The summed E-state index contributed by atoms with van der Waals surface area (Å²) in [6.45, 7) is 2.25. The highest BCUT2D eigenvalue weighted by molar-refractivity contribution is 5.73. The molecule has 0 saturated carbocycles. The van der Waals surface area contributed by atoms with Gasteiger partial charge in [-0.2, -0.15) is 0 Å². The molecule has 2 aliphatic rings. The van der Waals surface area contributed by atoms with Gasteiger partial charge in [0.2, 0.25) is 0 Å². The minimum Gasteiger partial charge on any atom is -0.361 e. The van der Waals surface area contributed by atoms with Crippen molar-refractivity contribution in [3.8, 4) is 0 Å². The fourth-order valence-electron chi connectivity index (χ4n) is 3.31. The maximum atomic E-state index is 9.84. The lowest BCUT2D eigenvalue weighted by molar-refractivity contribution is -0.623. The van der Waals surface area contributed by atoms with Crippen molar-refractivity contribution >= 4 is 5.96 Å². The van der Waals surface area contributed by atoms with Crippen LogP contribution in [0, 0.1) is 0 Å². The lowest BCUT2D eigenvalue weighted by atomic mass is 9.98. The van der Waals surface area contributed by atoms with Crippen LogP contribution in [0.1, 0.15) is 64.7 Å². The normalized spacial score (nSPS) is 31.3. The Morgan fingerprint density at radius 3 is 2.83 bits per heavy atom. The van der Waals surface area contributed by atoms with Crippen molar-refractivity contribution in [3.05, 3.63) is 0 Å². The van der Waals surface area contributed by atoms with Gasteiger partial charge in [0.1, 0.15) is 0 Å². The molecule has 0 amide bonds. The highest BCUT2D eigenvalue weighted by Gasteiger charge is 2.39. The maximum absolute atomic E-state index is 9.84. The largest absolute Gasteiger partial charge is 0.361 e. The Hall–Kier alpha value is -0.770. The molecule has 2 aliphatic heterocycles. The third-order valence-electron chi connectivity index (χ3n) is 4.32. The van der Waals surface area contributed by atoms with Crippen LogP contribution in [0.3, 0.4) is 0 Å². The molecular weight excluding hydrogens is 226 g/mol. The third-order valence-corrected chi connectivity index (χ3v) is 4.32. The number of guanidine groups is 1. The molecule has 0 aromatic carbocycles. The molecule has 1 unspecified atom stereocenters. The number of aliphatic hydroxyl groups is 1. The summed E-state index contributed by atoms with van der Waals surface area (Å²) in [5.74, 6) is 0.690. The first-order valence-electron chi connectivity index (χ1n) is 7.57. The van der Waals surface area contributed by atoms with Gasteiger partial charge in [0.15, 0.2) is 6.23 Å². The van der Waals surface area contributed by atoms with Crippen LogP contribution in [0.5, 0.6) is 0 Å². The van der Waals surface area contributed by atoms with Gasteiger partial charge in [-0.15, -0.1) is 0 Å². The summed E-state index contributed by atoms with van der Waals surface area (Å²) in [5, 5.41) is 13.2. The highest BCUT2D eigenvalue weighted by Crippen LogP contribution is 2.25. The predicted molar refractivity (Wildman–Crippen MR) is 73.4 cm³/mol. The topological polar surface area (TPSA) is 61.3 Å². The molecule has 4 nitrogen and oxygen atoms in total. The maximum Gasteiger partial charge on any atom is 0.346 e. The van der Waals surface area contributed by atoms with E-state index in [4.69, 9.17) is 5.73 Å². The highest BCUT2D eigenvalue weighted by atomic mass is 16.3. The molecule has 0 aromatic heterocycles. The van der Waals surface area contributed by atoms with Crippen molar-refractivity contribution in [1.29, 1.82) is 0 Å². The number of rotatable bonds is 6. The summed E-state index contributed by atoms with van der Waals surface area (Å²) >= 11 is 0. The fraction of sp³-hybridized carbons (Fsp3) is 0.929. The number of nitrogens with one attached hydrogen (secondary N) is 1. The van der Waals surface area contributed by atoms with Gasteiger partial charge in [0.05, 0.1) is 12.1 Å². The summed E-state index contributed by atoms with van der Waals surface area (Å²) in [6, 6.07) is 0.972. The number of fused-ring (bicyclic) bond motifs is 1. The average molecular weight is 254 g/mol. The Bertz CT molecular complexity index is 303. The van der Waals surface area contributed by atoms with E-state index in [2.05, 4.69) is 12.2 Å². The van der Waals surface area contributed by atoms with Crippen LogP contribution in [-0.2, 0) is 0 Å². The van der Waals surface area contributed by atoms with Gasteiger partial charge in [-0.1, -0.05) is 39.0 Å². The molecule has 18 heavy (non-hydrogen) atoms. The van der Waals surface area contributed by atoms with Crippen LogP contribution in [0.2, 0.25) is 0 Å². The molecule has 1 saturated heterocycles. The van der Waals surface area contributed by atoms with E-state index in [9.17, 15) is 5.11 Å². The predicted octanol–water partition coefficient (Wildman–Crippen LogP) is 1.52. The monoisotopic (exact) mass is 254 g/mol. The molecule has 1 fully saturated rings. The molecule has 2 rings (SSSR count). The minimum absolute atomic E-state index is 0.368. The summed E-state index contributed by atoms with van der Waals surface area (Å²) in [6.07, 6.45) is 10.6. The zero-order valence-corrected chi connectivity index (χ0v) is 11.6. The van der Waals surface area contributed by atoms with Gasteiger partial charge >= 0.3 is 5.96 Å². The Morgan fingerprint density at radius 2 is 2.06 bits per heavy atom. The van der Waals surface area contributed by atoms with Crippen molar-refractivity contribution < 1.29 is 9.68 Å². The van der Waals surface area contributed by atoms with Crippen LogP contribution < -0.4 is 11.1 Å². The van der Waals surface area contributed by atoms with Crippen LogP contribution in [0.25, 0.3) is 0 Å². The van der Waals surface area contributed by atoms with Crippen LogP contribution >= 0.6 is 0 Å². The van der Waals surface area contributed by atoms with Crippen LogP contribution in [-0.4, -0.2) is 34.0 Å². The summed E-state index contributed by atoms with van der Waals surface area (Å²) in [7, 11) is 0. The van der Waals surface area contributed by atoms with E-state index in [0.717, 1.165) is 19.3 Å². The number of nitrogens with two attached hydrogens (primary N) is 1. The molecule has 4 N–H and O–H groups in total. The molecule has 0 spiro atoms. The minimum atomic E-state index is -0.368. The van der Waals surface area contributed by atoms with Crippen LogP contribution in [0.4, 0.5) is 0 Å². The molecule has 0 aromatic rings. The molecule has 2 heterocycles. The molecule has 0 radical (unpaired) electrons.